The van der Waals surface area contributed by atoms with Crippen LogP contribution in [0.15, 0.2) is 79.4 Å². The van der Waals surface area contributed by atoms with Gasteiger partial charge >= 0.3 is 6.18 Å². The Hall–Kier alpha value is -3.35. The number of hydrogen-bond donors (Lipinski definition) is 0. The second kappa shape index (κ2) is 6.75. The summed E-state index contributed by atoms with van der Waals surface area (Å²) in [6.07, 6.45) is 2.53. The highest BCUT2D eigenvalue weighted by Gasteiger charge is 2.30. The maximum Gasteiger partial charge on any atom is 0.416 e. The Bertz CT molecular complexity index is 1050. The number of nitrogens with zero attached hydrogens (tertiary/aromatic N) is 4. The van der Waals surface area contributed by atoms with Gasteiger partial charge in [0.2, 0.25) is 0 Å². The molecular formula is C20H15F3N4. The van der Waals surface area contributed by atoms with Gasteiger partial charge in [-0.1, -0.05) is 36.4 Å². The quantitative estimate of drug-likeness (QED) is 0.519. The minimum atomic E-state index is -4.38. The molecule has 4 rings (SSSR count). The second-order valence-electron chi connectivity index (χ2n) is 6.13. The third-order valence-corrected chi connectivity index (χ3v) is 4.17. The lowest BCUT2D eigenvalue weighted by molar-refractivity contribution is -0.137. The first-order valence-electron chi connectivity index (χ1n) is 8.28. The third-order valence-electron chi connectivity index (χ3n) is 4.17. The molecule has 0 fully saturated rings. The molecule has 0 saturated heterocycles. The van der Waals surface area contributed by atoms with Crippen LogP contribution < -0.4 is 0 Å². The first-order chi connectivity index (χ1) is 13.0. The van der Waals surface area contributed by atoms with Crippen molar-refractivity contribution in [3.8, 4) is 16.8 Å². The van der Waals surface area contributed by atoms with Gasteiger partial charge in [0.25, 0.3) is 0 Å². The molecule has 0 N–H and O–H groups in total. The summed E-state index contributed by atoms with van der Waals surface area (Å²) in [6, 6.07) is 15.0. The summed E-state index contributed by atoms with van der Waals surface area (Å²) in [6.45, 7) is 0.641. The van der Waals surface area contributed by atoms with Crippen LogP contribution >= 0.6 is 0 Å². The van der Waals surface area contributed by atoms with E-state index >= 15 is 0 Å². The molecule has 4 aromatic rings. The molecule has 0 aliphatic rings. The minimum Gasteiger partial charge on any atom is -0.268 e. The lowest BCUT2D eigenvalue weighted by atomic mass is 10.2. The molecule has 0 amide bonds. The zero-order valence-corrected chi connectivity index (χ0v) is 14.1. The predicted octanol–water partition coefficient (Wildman–Crippen LogP) is 4.80. The molecule has 0 bridgehead atoms. The summed E-state index contributed by atoms with van der Waals surface area (Å²) in [5, 5.41) is 8.54. The molecule has 0 spiro atoms. The van der Waals surface area contributed by atoms with Crippen molar-refractivity contribution in [2.75, 3.05) is 0 Å². The zero-order valence-electron chi connectivity index (χ0n) is 14.1. The number of rotatable bonds is 4. The molecule has 0 radical (unpaired) electrons. The summed E-state index contributed by atoms with van der Waals surface area (Å²) in [5.41, 5.74) is 2.42. The van der Waals surface area contributed by atoms with Crippen molar-refractivity contribution >= 4 is 0 Å². The van der Waals surface area contributed by atoms with Gasteiger partial charge < -0.3 is 0 Å². The lowest BCUT2D eigenvalue weighted by Gasteiger charge is -2.08. The highest BCUT2D eigenvalue weighted by atomic mass is 19.4. The fourth-order valence-corrected chi connectivity index (χ4v) is 2.81. The number of hydrogen-bond acceptors (Lipinski definition) is 2. The highest BCUT2D eigenvalue weighted by molar-refractivity contribution is 5.60. The van der Waals surface area contributed by atoms with E-state index in [1.165, 1.54) is 10.7 Å². The van der Waals surface area contributed by atoms with Gasteiger partial charge in [0.15, 0.2) is 0 Å². The van der Waals surface area contributed by atoms with Crippen molar-refractivity contribution in [1.82, 2.24) is 19.6 Å². The molecule has 27 heavy (non-hydrogen) atoms. The standard InChI is InChI=1S/C20H15F3N4/c21-20(22,23)18-7-4-8-19(9-18)27-14-17(11-25-27)16-10-24-26(13-16)12-15-5-2-1-3-6-15/h1-11,13-14H,12H2. The van der Waals surface area contributed by atoms with Crippen molar-refractivity contribution in [2.45, 2.75) is 12.7 Å². The third kappa shape index (κ3) is 3.76. The van der Waals surface area contributed by atoms with Crippen molar-refractivity contribution in [3.63, 3.8) is 0 Å². The molecule has 0 saturated carbocycles. The van der Waals surface area contributed by atoms with Gasteiger partial charge in [-0.3, -0.25) is 4.68 Å². The fourth-order valence-electron chi connectivity index (χ4n) is 2.81. The molecule has 2 heterocycles. The van der Waals surface area contributed by atoms with Gasteiger partial charge in [0, 0.05) is 23.5 Å². The Labute approximate surface area is 153 Å². The number of benzene rings is 2. The molecular weight excluding hydrogens is 353 g/mol. The Balaban J connectivity index is 1.57. The Morgan fingerprint density at radius 2 is 1.56 bits per heavy atom. The molecule has 4 nitrogen and oxygen atoms in total. The first-order valence-corrected chi connectivity index (χ1v) is 8.28. The largest absolute Gasteiger partial charge is 0.416 e. The fraction of sp³-hybridized carbons (Fsp3) is 0.100. The molecule has 136 valence electrons. The second-order valence-corrected chi connectivity index (χ2v) is 6.13. The van der Waals surface area contributed by atoms with Crippen molar-refractivity contribution < 1.29 is 13.2 Å². The molecule has 0 aliphatic carbocycles. The summed E-state index contributed by atoms with van der Waals surface area (Å²) in [5.74, 6) is 0. The van der Waals surface area contributed by atoms with Crippen LogP contribution in [0.4, 0.5) is 13.2 Å². The molecule has 0 atom stereocenters. The molecule has 0 unspecified atom stereocenters. The van der Waals surface area contributed by atoms with E-state index < -0.39 is 11.7 Å². The number of halogens is 3. The zero-order chi connectivity index (χ0) is 18.9. The van der Waals surface area contributed by atoms with Gasteiger partial charge in [-0.2, -0.15) is 23.4 Å². The maximum absolute atomic E-state index is 12.9. The Morgan fingerprint density at radius 1 is 0.815 bits per heavy atom. The molecule has 2 aromatic heterocycles. The van der Waals surface area contributed by atoms with E-state index in [1.807, 2.05) is 41.2 Å². The van der Waals surface area contributed by atoms with E-state index in [1.54, 1.807) is 24.7 Å². The van der Waals surface area contributed by atoms with Gasteiger partial charge in [-0.25, -0.2) is 4.68 Å². The predicted molar refractivity (Wildman–Crippen MR) is 95.3 cm³/mol. The van der Waals surface area contributed by atoms with Gasteiger partial charge in [-0.15, -0.1) is 0 Å². The van der Waals surface area contributed by atoms with Crippen LogP contribution in [-0.4, -0.2) is 19.6 Å². The van der Waals surface area contributed by atoms with E-state index in [0.29, 0.717) is 12.2 Å². The number of aromatic nitrogens is 4. The van der Waals surface area contributed by atoms with Gasteiger partial charge in [-0.05, 0) is 23.8 Å². The monoisotopic (exact) mass is 368 g/mol. The van der Waals surface area contributed by atoms with E-state index in [9.17, 15) is 13.2 Å². The maximum atomic E-state index is 12.9. The summed E-state index contributed by atoms with van der Waals surface area (Å²) in [4.78, 5) is 0. The highest BCUT2D eigenvalue weighted by Crippen LogP contribution is 2.30. The minimum absolute atomic E-state index is 0.354. The first kappa shape index (κ1) is 17.1. The SMILES string of the molecule is FC(F)(F)c1cccc(-n2cc(-c3cnn(Cc4ccccc4)c3)cn2)c1. The Morgan fingerprint density at radius 3 is 2.33 bits per heavy atom. The van der Waals surface area contributed by atoms with Crippen LogP contribution in [0.2, 0.25) is 0 Å². The van der Waals surface area contributed by atoms with Crippen molar-refractivity contribution in [3.05, 3.63) is 90.5 Å². The summed E-state index contributed by atoms with van der Waals surface area (Å²) >= 11 is 0. The van der Waals surface area contributed by atoms with Crippen LogP contribution in [0.5, 0.6) is 0 Å². The average Bonchev–Trinajstić information content (AvgIpc) is 3.31. The van der Waals surface area contributed by atoms with E-state index in [4.69, 9.17) is 0 Å². The lowest BCUT2D eigenvalue weighted by Crippen LogP contribution is -2.06. The van der Waals surface area contributed by atoms with E-state index in [2.05, 4.69) is 10.2 Å². The van der Waals surface area contributed by atoms with Gasteiger partial charge in [0.05, 0.1) is 30.2 Å². The van der Waals surface area contributed by atoms with Gasteiger partial charge in [0.1, 0.15) is 0 Å². The van der Waals surface area contributed by atoms with E-state index in [-0.39, 0.29) is 0 Å². The molecule has 7 heteroatoms. The summed E-state index contributed by atoms with van der Waals surface area (Å²) in [7, 11) is 0. The normalized spacial score (nSPS) is 11.7. The topological polar surface area (TPSA) is 35.6 Å². The average molecular weight is 368 g/mol. The van der Waals surface area contributed by atoms with Crippen LogP contribution in [0.25, 0.3) is 16.8 Å². The van der Waals surface area contributed by atoms with Crippen molar-refractivity contribution in [2.24, 2.45) is 0 Å². The van der Waals surface area contributed by atoms with E-state index in [0.717, 1.165) is 28.8 Å². The van der Waals surface area contributed by atoms with Crippen LogP contribution in [0.1, 0.15) is 11.1 Å². The molecule has 2 aromatic carbocycles. The van der Waals surface area contributed by atoms with Crippen molar-refractivity contribution in [1.29, 1.82) is 0 Å². The number of alkyl halides is 3. The van der Waals surface area contributed by atoms with Crippen LogP contribution in [0, 0.1) is 0 Å². The van der Waals surface area contributed by atoms with Crippen LogP contribution in [0.3, 0.4) is 0 Å². The molecule has 0 aliphatic heterocycles. The summed E-state index contributed by atoms with van der Waals surface area (Å²) < 4.78 is 41.9. The Kier molecular flexibility index (Phi) is 4.27. The smallest absolute Gasteiger partial charge is 0.268 e. The van der Waals surface area contributed by atoms with Crippen LogP contribution in [-0.2, 0) is 12.7 Å².